The summed E-state index contributed by atoms with van der Waals surface area (Å²) in [5.74, 6) is 0.659. The van der Waals surface area contributed by atoms with Gasteiger partial charge in [-0.15, -0.1) is 0 Å². The van der Waals surface area contributed by atoms with Crippen LogP contribution in [0, 0.1) is 6.92 Å². The van der Waals surface area contributed by atoms with Crippen molar-refractivity contribution in [3.05, 3.63) is 21.9 Å². The van der Waals surface area contributed by atoms with Crippen molar-refractivity contribution in [2.75, 3.05) is 7.11 Å². The Morgan fingerprint density at radius 3 is 2.83 bits per heavy atom. The molecule has 0 atom stereocenters. The summed E-state index contributed by atoms with van der Waals surface area (Å²) in [4.78, 5) is 14.4. The zero-order chi connectivity index (χ0) is 9.14. The second kappa shape index (κ2) is 3.67. The van der Waals surface area contributed by atoms with Gasteiger partial charge >= 0.3 is 0 Å². The fourth-order valence-electron chi connectivity index (χ4n) is 0.947. The molecule has 0 N–H and O–H groups in total. The predicted molar refractivity (Wildman–Crippen MR) is 48.6 cm³/mol. The molecule has 4 heteroatoms. The fraction of sp³-hybridized carbons (Fsp3) is 0.250. The van der Waals surface area contributed by atoms with Crippen molar-refractivity contribution in [3.63, 3.8) is 0 Å². The summed E-state index contributed by atoms with van der Waals surface area (Å²) in [6.45, 7) is 1.79. The number of aromatic nitrogens is 1. The lowest BCUT2D eigenvalue weighted by atomic mass is 10.2. The molecule has 0 amide bonds. The topological polar surface area (TPSA) is 39.2 Å². The molecule has 3 nitrogen and oxygen atoms in total. The minimum atomic E-state index is 0.412. The van der Waals surface area contributed by atoms with Gasteiger partial charge in [0.15, 0.2) is 6.29 Å². The van der Waals surface area contributed by atoms with Crippen LogP contribution < -0.4 is 4.74 Å². The van der Waals surface area contributed by atoms with E-state index in [0.717, 1.165) is 10.0 Å². The Kier molecular flexibility index (Phi) is 2.81. The van der Waals surface area contributed by atoms with Crippen molar-refractivity contribution in [1.82, 2.24) is 4.98 Å². The molecule has 0 radical (unpaired) electrons. The van der Waals surface area contributed by atoms with E-state index in [4.69, 9.17) is 4.74 Å². The van der Waals surface area contributed by atoms with Crippen LogP contribution in [-0.4, -0.2) is 18.4 Å². The lowest BCUT2D eigenvalue weighted by molar-refractivity contribution is 0.111. The average molecular weight is 230 g/mol. The molecule has 1 aromatic heterocycles. The molecule has 0 saturated heterocycles. The van der Waals surface area contributed by atoms with Crippen LogP contribution >= 0.6 is 15.9 Å². The maximum absolute atomic E-state index is 10.5. The second-order valence-corrected chi connectivity index (χ2v) is 3.12. The number of nitrogens with zero attached hydrogens (tertiary/aromatic N) is 1. The first-order chi connectivity index (χ1) is 5.70. The van der Waals surface area contributed by atoms with Crippen molar-refractivity contribution in [2.24, 2.45) is 0 Å². The molecule has 0 aliphatic carbocycles. The molecule has 0 unspecified atom stereocenters. The van der Waals surface area contributed by atoms with E-state index in [1.807, 2.05) is 0 Å². The number of hydrogen-bond donors (Lipinski definition) is 0. The summed E-state index contributed by atoms with van der Waals surface area (Å²) in [6, 6.07) is 0. The standard InChI is InChI=1S/C8H8BrNO2/c1-5-7(4-11)10-3-6(9)8(5)12-2/h3-4H,1-2H3. The van der Waals surface area contributed by atoms with Gasteiger partial charge in [0.05, 0.1) is 11.6 Å². The smallest absolute Gasteiger partial charge is 0.168 e. The summed E-state index contributed by atoms with van der Waals surface area (Å²) in [7, 11) is 1.56. The highest BCUT2D eigenvalue weighted by atomic mass is 79.9. The summed E-state index contributed by atoms with van der Waals surface area (Å²) < 4.78 is 5.83. The number of ether oxygens (including phenoxy) is 1. The number of methoxy groups -OCH3 is 1. The van der Waals surface area contributed by atoms with Gasteiger partial charge in [-0.25, -0.2) is 0 Å². The number of aldehydes is 1. The summed E-state index contributed by atoms with van der Waals surface area (Å²) >= 11 is 3.27. The number of pyridine rings is 1. The second-order valence-electron chi connectivity index (χ2n) is 2.27. The number of carbonyl (C=O) groups excluding carboxylic acids is 1. The van der Waals surface area contributed by atoms with Gasteiger partial charge < -0.3 is 4.74 Å². The van der Waals surface area contributed by atoms with Crippen molar-refractivity contribution < 1.29 is 9.53 Å². The molecular weight excluding hydrogens is 222 g/mol. The Labute approximate surface area is 78.9 Å². The van der Waals surface area contributed by atoms with Crippen LogP contribution in [0.15, 0.2) is 10.7 Å². The largest absolute Gasteiger partial charge is 0.495 e. The predicted octanol–water partition coefficient (Wildman–Crippen LogP) is 1.97. The van der Waals surface area contributed by atoms with Crippen LogP contribution in [0.25, 0.3) is 0 Å². The third-order valence-electron chi connectivity index (χ3n) is 1.57. The fourth-order valence-corrected chi connectivity index (χ4v) is 1.51. The number of rotatable bonds is 2. The van der Waals surface area contributed by atoms with E-state index in [1.54, 1.807) is 20.2 Å². The highest BCUT2D eigenvalue weighted by Gasteiger charge is 2.08. The van der Waals surface area contributed by atoms with Gasteiger partial charge in [-0.05, 0) is 22.9 Å². The minimum Gasteiger partial charge on any atom is -0.495 e. The SMILES string of the molecule is COc1c(Br)cnc(C=O)c1C. The van der Waals surface area contributed by atoms with Crippen LogP contribution in [0.4, 0.5) is 0 Å². The maximum atomic E-state index is 10.5. The van der Waals surface area contributed by atoms with E-state index in [-0.39, 0.29) is 0 Å². The molecule has 0 saturated carbocycles. The van der Waals surface area contributed by atoms with E-state index in [0.29, 0.717) is 17.7 Å². The van der Waals surface area contributed by atoms with Gasteiger partial charge in [0.2, 0.25) is 0 Å². The molecule has 0 aliphatic heterocycles. The lowest BCUT2D eigenvalue weighted by Gasteiger charge is -2.07. The zero-order valence-corrected chi connectivity index (χ0v) is 8.38. The van der Waals surface area contributed by atoms with E-state index in [9.17, 15) is 4.79 Å². The molecule has 0 aromatic carbocycles. The Bertz CT molecular complexity index is 312. The van der Waals surface area contributed by atoms with E-state index in [2.05, 4.69) is 20.9 Å². The first-order valence-electron chi connectivity index (χ1n) is 3.35. The first kappa shape index (κ1) is 9.19. The average Bonchev–Trinajstić information content (AvgIpc) is 2.06. The molecule has 0 fully saturated rings. The summed E-state index contributed by atoms with van der Waals surface area (Å²) in [6.07, 6.45) is 2.26. The van der Waals surface area contributed by atoms with Gasteiger partial charge in [-0.1, -0.05) is 0 Å². The van der Waals surface area contributed by atoms with Gasteiger partial charge in [0.25, 0.3) is 0 Å². The molecule has 0 aliphatic rings. The Balaban J connectivity index is 3.33. The van der Waals surface area contributed by atoms with Crippen LogP contribution in [0.5, 0.6) is 5.75 Å². The van der Waals surface area contributed by atoms with Crippen molar-refractivity contribution >= 4 is 22.2 Å². The van der Waals surface area contributed by atoms with Crippen LogP contribution in [0.3, 0.4) is 0 Å². The quantitative estimate of drug-likeness (QED) is 0.729. The van der Waals surface area contributed by atoms with Gasteiger partial charge in [0.1, 0.15) is 11.4 Å². The lowest BCUT2D eigenvalue weighted by Crippen LogP contribution is -1.96. The van der Waals surface area contributed by atoms with E-state index < -0.39 is 0 Å². The number of halogens is 1. The Morgan fingerprint density at radius 1 is 1.67 bits per heavy atom. The summed E-state index contributed by atoms with van der Waals surface area (Å²) in [5.41, 5.74) is 1.16. The van der Waals surface area contributed by atoms with Gasteiger partial charge in [0, 0.05) is 11.8 Å². The van der Waals surface area contributed by atoms with Crippen LogP contribution in [0.1, 0.15) is 16.1 Å². The Morgan fingerprint density at radius 2 is 2.33 bits per heavy atom. The molecular formula is C8H8BrNO2. The maximum Gasteiger partial charge on any atom is 0.168 e. The Hall–Kier alpha value is -0.900. The minimum absolute atomic E-state index is 0.412. The molecule has 64 valence electrons. The summed E-state index contributed by atoms with van der Waals surface area (Å²) in [5, 5.41) is 0. The third kappa shape index (κ3) is 1.48. The van der Waals surface area contributed by atoms with Gasteiger partial charge in [-0.3, -0.25) is 9.78 Å². The van der Waals surface area contributed by atoms with Crippen LogP contribution in [0.2, 0.25) is 0 Å². The van der Waals surface area contributed by atoms with Crippen molar-refractivity contribution in [3.8, 4) is 5.75 Å². The van der Waals surface area contributed by atoms with Gasteiger partial charge in [-0.2, -0.15) is 0 Å². The van der Waals surface area contributed by atoms with E-state index in [1.165, 1.54) is 0 Å². The molecule has 1 rings (SSSR count). The highest BCUT2D eigenvalue weighted by Crippen LogP contribution is 2.28. The normalized spacial score (nSPS) is 9.58. The van der Waals surface area contributed by atoms with E-state index >= 15 is 0 Å². The van der Waals surface area contributed by atoms with Crippen molar-refractivity contribution in [2.45, 2.75) is 6.92 Å². The third-order valence-corrected chi connectivity index (χ3v) is 2.14. The zero-order valence-electron chi connectivity index (χ0n) is 6.80. The molecule has 0 bridgehead atoms. The molecule has 1 aromatic rings. The molecule has 12 heavy (non-hydrogen) atoms. The number of carbonyl (C=O) groups is 1. The monoisotopic (exact) mass is 229 g/mol. The van der Waals surface area contributed by atoms with Crippen molar-refractivity contribution in [1.29, 1.82) is 0 Å². The number of hydrogen-bond acceptors (Lipinski definition) is 3. The highest BCUT2D eigenvalue weighted by molar-refractivity contribution is 9.10. The molecule has 1 heterocycles. The molecule has 0 spiro atoms. The van der Waals surface area contributed by atoms with Crippen LogP contribution in [-0.2, 0) is 0 Å². The first-order valence-corrected chi connectivity index (χ1v) is 4.14.